The van der Waals surface area contributed by atoms with Gasteiger partial charge in [0.25, 0.3) is 0 Å². The Morgan fingerprint density at radius 2 is 1.65 bits per heavy atom. The van der Waals surface area contributed by atoms with Gasteiger partial charge in [0, 0.05) is 25.0 Å². The molecular weight excluding hydrogens is 250 g/mol. The van der Waals surface area contributed by atoms with Gasteiger partial charge >= 0.3 is 0 Å². The molecule has 0 aliphatic rings. The van der Waals surface area contributed by atoms with Crippen LogP contribution in [0.25, 0.3) is 22.4 Å². The van der Waals surface area contributed by atoms with Crippen LogP contribution < -0.4 is 0 Å². The third-order valence-corrected chi connectivity index (χ3v) is 3.48. The summed E-state index contributed by atoms with van der Waals surface area (Å²) in [5.41, 5.74) is 4.36. The highest BCUT2D eigenvalue weighted by atomic mass is 16.3. The SMILES string of the molecule is Cc1c(O)c(-c2ccccc2-c2ccncc2)nn1C. The van der Waals surface area contributed by atoms with Gasteiger partial charge in [-0.25, -0.2) is 0 Å². The van der Waals surface area contributed by atoms with Gasteiger partial charge in [-0.3, -0.25) is 9.67 Å². The molecular formula is C16H15N3O. The zero-order valence-corrected chi connectivity index (χ0v) is 11.4. The lowest BCUT2D eigenvalue weighted by Gasteiger charge is -2.07. The summed E-state index contributed by atoms with van der Waals surface area (Å²) in [6.07, 6.45) is 3.52. The van der Waals surface area contributed by atoms with Crippen LogP contribution in [0.15, 0.2) is 48.8 Å². The van der Waals surface area contributed by atoms with E-state index in [2.05, 4.69) is 10.1 Å². The van der Waals surface area contributed by atoms with Crippen LogP contribution in [0.5, 0.6) is 5.75 Å². The molecule has 0 saturated heterocycles. The fourth-order valence-electron chi connectivity index (χ4n) is 2.25. The molecule has 3 rings (SSSR count). The molecule has 20 heavy (non-hydrogen) atoms. The summed E-state index contributed by atoms with van der Waals surface area (Å²) in [7, 11) is 1.83. The van der Waals surface area contributed by atoms with Gasteiger partial charge in [-0.2, -0.15) is 5.10 Å². The van der Waals surface area contributed by atoms with Crippen molar-refractivity contribution in [1.82, 2.24) is 14.8 Å². The Morgan fingerprint density at radius 3 is 2.25 bits per heavy atom. The van der Waals surface area contributed by atoms with Crippen molar-refractivity contribution in [3.8, 4) is 28.1 Å². The Morgan fingerprint density at radius 1 is 1.00 bits per heavy atom. The molecule has 0 atom stereocenters. The van der Waals surface area contributed by atoms with E-state index in [-0.39, 0.29) is 5.75 Å². The summed E-state index contributed by atoms with van der Waals surface area (Å²) in [5.74, 6) is 0.231. The van der Waals surface area contributed by atoms with E-state index >= 15 is 0 Å². The van der Waals surface area contributed by atoms with Crippen molar-refractivity contribution in [3.63, 3.8) is 0 Å². The molecule has 100 valence electrons. The third kappa shape index (κ3) is 1.95. The van der Waals surface area contributed by atoms with Crippen molar-refractivity contribution in [1.29, 1.82) is 0 Å². The molecule has 3 aromatic rings. The van der Waals surface area contributed by atoms with Crippen LogP contribution in [-0.4, -0.2) is 19.9 Å². The quantitative estimate of drug-likeness (QED) is 0.774. The Balaban J connectivity index is 2.23. The Labute approximate surface area is 117 Å². The molecule has 1 aromatic carbocycles. The lowest BCUT2D eigenvalue weighted by molar-refractivity contribution is 0.471. The second-order valence-electron chi connectivity index (χ2n) is 4.69. The van der Waals surface area contributed by atoms with Crippen LogP contribution in [0.1, 0.15) is 5.69 Å². The minimum Gasteiger partial charge on any atom is -0.504 e. The number of aromatic hydroxyl groups is 1. The summed E-state index contributed by atoms with van der Waals surface area (Å²) in [6, 6.07) is 11.8. The van der Waals surface area contributed by atoms with E-state index < -0.39 is 0 Å². The third-order valence-electron chi connectivity index (χ3n) is 3.48. The van der Waals surface area contributed by atoms with Crippen LogP contribution in [0.3, 0.4) is 0 Å². The second kappa shape index (κ2) is 4.81. The maximum atomic E-state index is 10.2. The lowest BCUT2D eigenvalue weighted by atomic mass is 9.98. The maximum absolute atomic E-state index is 10.2. The summed E-state index contributed by atoms with van der Waals surface area (Å²) in [5, 5.41) is 14.7. The zero-order chi connectivity index (χ0) is 14.1. The molecule has 4 heteroatoms. The predicted octanol–water partition coefficient (Wildman–Crippen LogP) is 3.16. The molecule has 0 spiro atoms. The first-order valence-electron chi connectivity index (χ1n) is 6.41. The highest BCUT2D eigenvalue weighted by Gasteiger charge is 2.16. The monoisotopic (exact) mass is 265 g/mol. The normalized spacial score (nSPS) is 10.7. The largest absolute Gasteiger partial charge is 0.504 e. The standard InChI is InChI=1S/C16H15N3O/c1-11-16(20)15(18-19(11)2)14-6-4-3-5-13(14)12-7-9-17-10-8-12/h3-10,20H,1-2H3. The van der Waals surface area contributed by atoms with Crippen molar-refractivity contribution in [2.75, 3.05) is 0 Å². The molecule has 0 fully saturated rings. The molecule has 0 unspecified atom stereocenters. The Bertz CT molecular complexity index is 748. The highest BCUT2D eigenvalue weighted by Crippen LogP contribution is 2.36. The fraction of sp³-hybridized carbons (Fsp3) is 0.125. The average Bonchev–Trinajstić information content (AvgIpc) is 2.76. The van der Waals surface area contributed by atoms with Gasteiger partial charge in [-0.15, -0.1) is 0 Å². The van der Waals surface area contributed by atoms with Gasteiger partial charge < -0.3 is 5.11 Å². The van der Waals surface area contributed by atoms with E-state index in [0.29, 0.717) is 5.69 Å². The number of hydrogen-bond donors (Lipinski definition) is 1. The smallest absolute Gasteiger partial charge is 0.164 e. The van der Waals surface area contributed by atoms with Gasteiger partial charge in [-0.05, 0) is 30.2 Å². The van der Waals surface area contributed by atoms with Gasteiger partial charge in [0.15, 0.2) is 5.75 Å². The van der Waals surface area contributed by atoms with Crippen LogP contribution >= 0.6 is 0 Å². The van der Waals surface area contributed by atoms with E-state index in [1.807, 2.05) is 50.4 Å². The Hall–Kier alpha value is -2.62. The van der Waals surface area contributed by atoms with Gasteiger partial charge in [0.2, 0.25) is 0 Å². The minimum absolute atomic E-state index is 0.231. The van der Waals surface area contributed by atoms with E-state index in [9.17, 15) is 5.11 Å². The van der Waals surface area contributed by atoms with Crippen LogP contribution in [0.2, 0.25) is 0 Å². The first kappa shape index (κ1) is 12.4. The minimum atomic E-state index is 0.231. The maximum Gasteiger partial charge on any atom is 0.164 e. The van der Waals surface area contributed by atoms with Gasteiger partial charge in [-0.1, -0.05) is 24.3 Å². The summed E-state index contributed by atoms with van der Waals surface area (Å²) < 4.78 is 1.69. The van der Waals surface area contributed by atoms with E-state index in [1.54, 1.807) is 17.1 Å². The van der Waals surface area contributed by atoms with Gasteiger partial charge in [0.1, 0.15) is 5.69 Å². The molecule has 1 N–H and O–H groups in total. The number of benzene rings is 1. The summed E-state index contributed by atoms with van der Waals surface area (Å²) in [4.78, 5) is 4.04. The zero-order valence-electron chi connectivity index (χ0n) is 11.4. The Kier molecular flexibility index (Phi) is 2.99. The van der Waals surface area contributed by atoms with Crippen LogP contribution in [0.4, 0.5) is 0 Å². The molecule has 0 aliphatic heterocycles. The molecule has 4 nitrogen and oxygen atoms in total. The van der Waals surface area contributed by atoms with E-state index in [0.717, 1.165) is 22.4 Å². The molecule has 0 radical (unpaired) electrons. The molecule has 0 amide bonds. The van der Waals surface area contributed by atoms with Gasteiger partial charge in [0.05, 0.1) is 5.69 Å². The number of hydrogen-bond acceptors (Lipinski definition) is 3. The fourth-order valence-corrected chi connectivity index (χ4v) is 2.25. The van der Waals surface area contributed by atoms with Crippen molar-refractivity contribution in [2.24, 2.45) is 7.05 Å². The summed E-state index contributed by atoms with van der Waals surface area (Å²) in [6.45, 7) is 1.85. The molecule has 2 aromatic heterocycles. The molecule has 2 heterocycles. The number of nitrogens with zero attached hydrogens (tertiary/aromatic N) is 3. The molecule has 0 saturated carbocycles. The van der Waals surface area contributed by atoms with Crippen LogP contribution in [0, 0.1) is 6.92 Å². The molecule has 0 aliphatic carbocycles. The predicted molar refractivity (Wildman–Crippen MR) is 78.3 cm³/mol. The van der Waals surface area contributed by atoms with Crippen LogP contribution in [-0.2, 0) is 7.05 Å². The summed E-state index contributed by atoms with van der Waals surface area (Å²) >= 11 is 0. The van der Waals surface area contributed by atoms with E-state index in [4.69, 9.17) is 0 Å². The number of pyridine rings is 1. The highest BCUT2D eigenvalue weighted by molar-refractivity contribution is 5.84. The number of rotatable bonds is 2. The number of aromatic nitrogens is 3. The first-order valence-corrected chi connectivity index (χ1v) is 6.41. The molecule has 0 bridgehead atoms. The first-order chi connectivity index (χ1) is 9.68. The average molecular weight is 265 g/mol. The van der Waals surface area contributed by atoms with E-state index in [1.165, 1.54) is 0 Å². The lowest BCUT2D eigenvalue weighted by Crippen LogP contribution is -1.92. The van der Waals surface area contributed by atoms with Crippen molar-refractivity contribution in [3.05, 3.63) is 54.5 Å². The van der Waals surface area contributed by atoms with Crippen molar-refractivity contribution >= 4 is 0 Å². The van der Waals surface area contributed by atoms with Crippen molar-refractivity contribution < 1.29 is 5.11 Å². The second-order valence-corrected chi connectivity index (χ2v) is 4.69. The number of aryl methyl sites for hydroxylation is 1. The van der Waals surface area contributed by atoms with Crippen molar-refractivity contribution in [2.45, 2.75) is 6.92 Å². The topological polar surface area (TPSA) is 50.9 Å².